The second-order valence-corrected chi connectivity index (χ2v) is 25.6. The molecule has 546 valence electrons. The van der Waals surface area contributed by atoms with E-state index in [1.807, 2.05) is 37.3 Å². The Morgan fingerprint density at radius 3 is 1.65 bits per heavy atom. The maximum Gasteiger partial charge on any atom is 0.248 e. The number of nitrogens with one attached hydrogen (secondary N) is 2. The number of hydrogen-bond acceptors (Lipinski definition) is 21. The summed E-state index contributed by atoms with van der Waals surface area (Å²) in [6.07, 6.45) is 23.1. The van der Waals surface area contributed by atoms with Crippen molar-refractivity contribution in [3.63, 3.8) is 0 Å². The van der Waals surface area contributed by atoms with Crippen molar-refractivity contribution in [3.05, 3.63) is 157 Å². The van der Waals surface area contributed by atoms with Gasteiger partial charge in [-0.3, -0.25) is 19.2 Å². The van der Waals surface area contributed by atoms with Crippen molar-refractivity contribution >= 4 is 23.4 Å². The number of aliphatic hydroxyl groups is 15. The van der Waals surface area contributed by atoms with Crippen LogP contribution in [0.25, 0.3) is 0 Å². The first kappa shape index (κ1) is 87.1. The SMILES string of the molecule is CC(C)C(=O)NCCCC(O)CC(O)C/C=C/C(O)CC(O)CC(O)CC(O)C/C=C/C(O)CC(O)CC(O)CC(=O)C(C)C(C/C=C/C=C/C=C/C=C/C=C/C(O)C(C)C(O)C(C)/C=C/CC/C=C/C=C/C=C/C=C/C(=O)NC1=C(O)CCC1=O)OC1OC(C)C(O)C(O)C1O. The van der Waals surface area contributed by atoms with E-state index in [0.717, 1.165) is 12.8 Å². The highest BCUT2D eigenvalue weighted by Gasteiger charge is 2.44. The Kier molecular flexibility index (Phi) is 44.5. The summed E-state index contributed by atoms with van der Waals surface area (Å²) in [5, 5.41) is 162. The first-order chi connectivity index (χ1) is 46.0. The van der Waals surface area contributed by atoms with Gasteiger partial charge >= 0.3 is 0 Å². The summed E-state index contributed by atoms with van der Waals surface area (Å²) in [5.41, 5.74) is -0.0424. The minimum absolute atomic E-state index is 0.00928. The molecular formula is C74H114N2O21. The molecule has 23 nitrogen and oxygen atoms in total. The summed E-state index contributed by atoms with van der Waals surface area (Å²) in [5.74, 6) is -3.13. The molecule has 2 rings (SSSR count). The lowest BCUT2D eigenvalue weighted by atomic mass is 9.88. The molecule has 0 spiro atoms. The fourth-order valence-electron chi connectivity index (χ4n) is 10.3. The molecule has 2 aliphatic rings. The Morgan fingerprint density at radius 2 is 1.07 bits per heavy atom. The van der Waals surface area contributed by atoms with Crippen LogP contribution in [0.2, 0.25) is 0 Å². The second kappa shape index (κ2) is 49.6. The Hall–Kier alpha value is -5.94. The molecule has 0 aromatic rings. The van der Waals surface area contributed by atoms with Crippen molar-refractivity contribution in [2.45, 2.75) is 248 Å². The molecule has 20 unspecified atom stereocenters. The van der Waals surface area contributed by atoms with Crippen molar-refractivity contribution in [2.75, 3.05) is 6.54 Å². The summed E-state index contributed by atoms with van der Waals surface area (Å²) >= 11 is 0. The fourth-order valence-corrected chi connectivity index (χ4v) is 10.3. The molecule has 0 aromatic carbocycles. The number of carbonyl (C=O) groups excluding carboxylic acids is 4. The van der Waals surface area contributed by atoms with E-state index in [1.54, 1.807) is 107 Å². The fraction of sp³-hybridized carbons (Fsp3) is 0.595. The highest BCUT2D eigenvalue weighted by atomic mass is 16.7. The Bertz CT molecular complexity index is 2690. The number of Topliss-reactive ketones (excluding diaryl/α,β-unsaturated/α-hetero) is 2. The van der Waals surface area contributed by atoms with E-state index in [0.29, 0.717) is 19.4 Å². The number of aliphatic hydroxyl groups excluding tert-OH is 15. The van der Waals surface area contributed by atoms with Crippen LogP contribution in [0.3, 0.4) is 0 Å². The van der Waals surface area contributed by atoms with Crippen molar-refractivity contribution < 1.29 is 105 Å². The van der Waals surface area contributed by atoms with E-state index in [1.165, 1.54) is 43.4 Å². The van der Waals surface area contributed by atoms with E-state index < -0.39 is 134 Å². The highest BCUT2D eigenvalue weighted by molar-refractivity contribution is 6.03. The third kappa shape index (κ3) is 38.3. The summed E-state index contributed by atoms with van der Waals surface area (Å²) in [6, 6.07) is 0. The molecule has 0 aromatic heterocycles. The van der Waals surface area contributed by atoms with E-state index in [2.05, 4.69) is 10.6 Å². The number of hydrogen-bond donors (Lipinski definition) is 17. The van der Waals surface area contributed by atoms with Crippen LogP contribution in [0, 0.1) is 23.7 Å². The smallest absolute Gasteiger partial charge is 0.248 e. The van der Waals surface area contributed by atoms with Gasteiger partial charge in [0.15, 0.2) is 12.1 Å². The molecule has 0 radical (unpaired) electrons. The van der Waals surface area contributed by atoms with Gasteiger partial charge in [0.2, 0.25) is 11.8 Å². The quantitative estimate of drug-likeness (QED) is 0.0168. The van der Waals surface area contributed by atoms with E-state index in [9.17, 15) is 95.8 Å². The van der Waals surface area contributed by atoms with Gasteiger partial charge in [-0.1, -0.05) is 174 Å². The maximum absolute atomic E-state index is 13.6. The zero-order valence-corrected chi connectivity index (χ0v) is 57.2. The topological polar surface area (TPSA) is 414 Å². The van der Waals surface area contributed by atoms with Crippen molar-refractivity contribution in [2.24, 2.45) is 23.7 Å². The van der Waals surface area contributed by atoms with Crippen LogP contribution in [0.1, 0.15) is 144 Å². The molecule has 20 atom stereocenters. The summed E-state index contributed by atoms with van der Waals surface area (Å²) < 4.78 is 11.7. The number of ketones is 2. The Balaban J connectivity index is 1.80. The number of amides is 2. The van der Waals surface area contributed by atoms with Crippen LogP contribution in [0.15, 0.2) is 157 Å². The molecule has 23 heteroatoms. The Labute approximate surface area is 572 Å². The average molecular weight is 1370 g/mol. The van der Waals surface area contributed by atoms with Gasteiger partial charge in [0.1, 0.15) is 35.6 Å². The van der Waals surface area contributed by atoms with E-state index in [-0.39, 0.29) is 106 Å². The summed E-state index contributed by atoms with van der Waals surface area (Å²) in [6.45, 7) is 10.7. The van der Waals surface area contributed by atoms with E-state index >= 15 is 0 Å². The predicted octanol–water partition coefficient (Wildman–Crippen LogP) is 4.80. The van der Waals surface area contributed by atoms with Gasteiger partial charge in [-0.05, 0) is 77.6 Å². The number of rotatable bonds is 48. The molecular weight excluding hydrogens is 1250 g/mol. The monoisotopic (exact) mass is 1370 g/mol. The zero-order chi connectivity index (χ0) is 72.4. The first-order valence-corrected chi connectivity index (χ1v) is 33.9. The standard InChI is InChI=1S/C74H114N2O21/c1-48(2)73(95)75-40-28-34-57(81)41-53(77)30-26-31-54(78)42-58(82)45-59(83)43-55(79)32-27-33-56(80)44-60(84)46-61(85)47-65(89)50(4)66(97-74-72(94)71(93)70(92)52(6)96-74)36-24-20-16-12-9-11-15-19-23-35-62(86)51(5)69(91)49(3)29-22-18-14-10-7-8-13-17-21-25-37-67(90)76-68-63(87)38-39-64(68)88/h7-13,15-17,19-27,29,31,33,35,37,48-62,66,69-72,74,77-87,91-94H,14,18,28,30,32,34,36,38-47H2,1-6H3,(H,75,95)(H,76,90)/b10-7+,11-9+,13-8+,16-12+,19-15+,21-17+,24-20+,29-22+,31-26+,33-27+,35-23+,37-25+. The average Bonchev–Trinajstić information content (AvgIpc) is 0.982. The first-order valence-electron chi connectivity index (χ1n) is 33.9. The molecule has 2 amide bonds. The van der Waals surface area contributed by atoms with Crippen LogP contribution in [-0.4, -0.2) is 210 Å². The van der Waals surface area contributed by atoms with Gasteiger partial charge in [0.25, 0.3) is 0 Å². The van der Waals surface area contributed by atoms with Crippen LogP contribution >= 0.6 is 0 Å². The van der Waals surface area contributed by atoms with Gasteiger partial charge in [0, 0.05) is 68.4 Å². The molecule has 1 aliphatic heterocycles. The number of ether oxygens (including phenoxy) is 2. The number of allylic oxidation sites excluding steroid dienone is 18. The molecule has 1 saturated heterocycles. The van der Waals surface area contributed by atoms with Crippen LogP contribution in [0.5, 0.6) is 0 Å². The van der Waals surface area contributed by atoms with Gasteiger partial charge in [-0.15, -0.1) is 0 Å². The Morgan fingerprint density at radius 1 is 0.557 bits per heavy atom. The minimum Gasteiger partial charge on any atom is -0.510 e. The lowest BCUT2D eigenvalue weighted by Gasteiger charge is -2.41. The summed E-state index contributed by atoms with van der Waals surface area (Å²) in [7, 11) is 0. The minimum atomic E-state index is -1.65. The van der Waals surface area contributed by atoms with Crippen LogP contribution in [0.4, 0.5) is 0 Å². The zero-order valence-electron chi connectivity index (χ0n) is 57.2. The third-order valence-electron chi connectivity index (χ3n) is 16.4. The van der Waals surface area contributed by atoms with Crippen LogP contribution in [-0.2, 0) is 28.7 Å². The number of unbranched alkanes of at least 4 members (excludes halogenated alkanes) is 1. The van der Waals surface area contributed by atoms with Gasteiger partial charge < -0.3 is 96.7 Å². The van der Waals surface area contributed by atoms with Gasteiger partial charge in [-0.25, -0.2) is 0 Å². The molecule has 0 bridgehead atoms. The normalized spacial score (nSPS) is 23.4. The molecule has 1 fully saturated rings. The molecule has 1 aliphatic carbocycles. The van der Waals surface area contributed by atoms with Gasteiger partial charge in [-0.2, -0.15) is 0 Å². The van der Waals surface area contributed by atoms with E-state index in [4.69, 9.17) is 9.47 Å². The largest absolute Gasteiger partial charge is 0.510 e. The third-order valence-corrected chi connectivity index (χ3v) is 16.4. The lowest BCUT2D eigenvalue weighted by molar-refractivity contribution is -0.306. The second-order valence-electron chi connectivity index (χ2n) is 25.6. The number of carbonyl (C=O) groups is 4. The molecule has 97 heavy (non-hydrogen) atoms. The predicted molar refractivity (Wildman–Crippen MR) is 370 cm³/mol. The molecule has 17 N–H and O–H groups in total. The van der Waals surface area contributed by atoms with Crippen molar-refractivity contribution in [1.82, 2.24) is 10.6 Å². The van der Waals surface area contributed by atoms with Crippen molar-refractivity contribution in [1.29, 1.82) is 0 Å². The van der Waals surface area contributed by atoms with Crippen molar-refractivity contribution in [3.8, 4) is 0 Å². The summed E-state index contributed by atoms with van der Waals surface area (Å²) in [4.78, 5) is 48.9. The maximum atomic E-state index is 13.6. The highest BCUT2D eigenvalue weighted by Crippen LogP contribution is 2.28. The van der Waals surface area contributed by atoms with Gasteiger partial charge in [0.05, 0.1) is 79.4 Å². The van der Waals surface area contributed by atoms with Crippen LogP contribution < -0.4 is 10.6 Å². The molecule has 0 saturated carbocycles. The molecule has 1 heterocycles. The lowest BCUT2D eigenvalue weighted by Crippen LogP contribution is -2.58.